The van der Waals surface area contributed by atoms with Crippen molar-refractivity contribution in [2.45, 2.75) is 19.8 Å². The summed E-state index contributed by atoms with van der Waals surface area (Å²) in [7, 11) is 0. The van der Waals surface area contributed by atoms with Crippen molar-refractivity contribution in [3.05, 3.63) is 29.5 Å². The maximum Gasteiger partial charge on any atom is 0.271 e. The van der Waals surface area contributed by atoms with Gasteiger partial charge >= 0.3 is 0 Å². The number of nitrogens with zero attached hydrogens (tertiary/aromatic N) is 2. The summed E-state index contributed by atoms with van der Waals surface area (Å²) in [5.74, 6) is -3.04. The quantitative estimate of drug-likeness (QED) is 0.797. The van der Waals surface area contributed by atoms with E-state index in [4.69, 9.17) is 10.5 Å². The molecule has 1 aromatic heterocycles. The van der Waals surface area contributed by atoms with E-state index in [-0.39, 0.29) is 23.6 Å². The van der Waals surface area contributed by atoms with Crippen LogP contribution in [0.3, 0.4) is 0 Å². The van der Waals surface area contributed by atoms with E-state index < -0.39 is 23.3 Å². The molecule has 0 aliphatic carbocycles. The summed E-state index contributed by atoms with van der Waals surface area (Å²) in [5.41, 5.74) is 4.96. The molecular formula is C13H14F2N4O2. The van der Waals surface area contributed by atoms with E-state index in [1.54, 1.807) is 0 Å². The largest absolute Gasteiger partial charge is 0.488 e. The summed E-state index contributed by atoms with van der Waals surface area (Å²) >= 11 is 0. The van der Waals surface area contributed by atoms with Crippen LogP contribution in [0.15, 0.2) is 12.1 Å². The molecule has 2 rings (SSSR count). The van der Waals surface area contributed by atoms with Gasteiger partial charge in [0, 0.05) is 5.56 Å². The number of H-pyrrole nitrogens is 1. The molecule has 0 bridgehead atoms. The number of halogens is 2. The third-order valence-corrected chi connectivity index (χ3v) is 2.80. The summed E-state index contributed by atoms with van der Waals surface area (Å²) in [6.45, 7) is 2.16. The van der Waals surface area contributed by atoms with E-state index in [2.05, 4.69) is 15.4 Å². The van der Waals surface area contributed by atoms with Crippen LogP contribution < -0.4 is 10.5 Å². The molecule has 0 radical (unpaired) electrons. The van der Waals surface area contributed by atoms with Crippen molar-refractivity contribution in [2.24, 2.45) is 5.73 Å². The number of hydrogen-bond donors (Lipinski definition) is 2. The second-order valence-corrected chi connectivity index (χ2v) is 4.36. The lowest BCUT2D eigenvalue weighted by Gasteiger charge is -2.09. The van der Waals surface area contributed by atoms with Gasteiger partial charge in [-0.2, -0.15) is 15.4 Å². The fourth-order valence-corrected chi connectivity index (χ4v) is 1.76. The molecule has 0 spiro atoms. The number of unbranched alkanes of at least 4 members (excludes halogenated alkanes) is 1. The third-order valence-electron chi connectivity index (χ3n) is 2.80. The molecule has 21 heavy (non-hydrogen) atoms. The minimum Gasteiger partial charge on any atom is -0.488 e. The van der Waals surface area contributed by atoms with E-state index in [1.807, 2.05) is 6.92 Å². The molecule has 0 aliphatic rings. The minimum absolute atomic E-state index is 0.0135. The van der Waals surface area contributed by atoms with Gasteiger partial charge in [0.1, 0.15) is 5.69 Å². The Kier molecular flexibility index (Phi) is 4.46. The number of primary amides is 1. The van der Waals surface area contributed by atoms with Gasteiger partial charge in [-0.25, -0.2) is 8.78 Å². The standard InChI is InChI=1S/C13H14F2N4O2/c1-2-3-4-21-12-8(14)5-7(6-9(12)15)10-11(13(16)20)18-19-17-10/h5-6H,2-4H2,1H3,(H2,16,20)(H,17,18,19). The van der Waals surface area contributed by atoms with Crippen LogP contribution in [0, 0.1) is 11.6 Å². The van der Waals surface area contributed by atoms with Crippen LogP contribution >= 0.6 is 0 Å². The zero-order valence-electron chi connectivity index (χ0n) is 11.3. The maximum atomic E-state index is 13.9. The highest BCUT2D eigenvalue weighted by Gasteiger charge is 2.19. The number of ether oxygens (including phenoxy) is 1. The van der Waals surface area contributed by atoms with Crippen molar-refractivity contribution in [1.82, 2.24) is 15.4 Å². The molecular weight excluding hydrogens is 282 g/mol. The SMILES string of the molecule is CCCCOc1c(F)cc(-c2n[nH]nc2C(N)=O)cc1F. The van der Waals surface area contributed by atoms with Gasteiger partial charge in [-0.15, -0.1) is 0 Å². The minimum atomic E-state index is -0.875. The second-order valence-electron chi connectivity index (χ2n) is 4.36. The summed E-state index contributed by atoms with van der Waals surface area (Å²) < 4.78 is 32.9. The molecule has 0 atom stereocenters. The van der Waals surface area contributed by atoms with Crippen molar-refractivity contribution >= 4 is 5.91 Å². The molecule has 2 aromatic rings. The highest BCUT2D eigenvalue weighted by molar-refractivity contribution is 5.96. The first-order valence-corrected chi connectivity index (χ1v) is 6.37. The Morgan fingerprint density at radius 2 is 2.00 bits per heavy atom. The fraction of sp³-hybridized carbons (Fsp3) is 0.308. The van der Waals surface area contributed by atoms with Gasteiger partial charge in [0.15, 0.2) is 23.1 Å². The molecule has 3 N–H and O–H groups in total. The summed E-state index contributed by atoms with van der Waals surface area (Å²) in [5, 5.41) is 9.43. The zero-order chi connectivity index (χ0) is 15.4. The molecule has 6 nitrogen and oxygen atoms in total. The number of aromatic nitrogens is 3. The lowest BCUT2D eigenvalue weighted by molar-refractivity contribution is 0.0996. The Hall–Kier alpha value is -2.51. The number of rotatable bonds is 6. The molecule has 0 fully saturated rings. The fourth-order valence-electron chi connectivity index (χ4n) is 1.76. The predicted molar refractivity (Wildman–Crippen MR) is 70.7 cm³/mol. The first-order valence-electron chi connectivity index (χ1n) is 6.37. The average molecular weight is 296 g/mol. The average Bonchev–Trinajstić information content (AvgIpc) is 2.91. The molecule has 0 saturated heterocycles. The van der Waals surface area contributed by atoms with Crippen LogP contribution in [0.1, 0.15) is 30.3 Å². The topological polar surface area (TPSA) is 93.9 Å². The number of benzene rings is 1. The van der Waals surface area contributed by atoms with Crippen LogP contribution in [0.5, 0.6) is 5.75 Å². The molecule has 0 saturated carbocycles. The van der Waals surface area contributed by atoms with Crippen molar-refractivity contribution in [3.63, 3.8) is 0 Å². The smallest absolute Gasteiger partial charge is 0.271 e. The molecule has 8 heteroatoms. The van der Waals surface area contributed by atoms with Gasteiger partial charge in [-0.3, -0.25) is 4.79 Å². The second kappa shape index (κ2) is 6.29. The molecule has 1 amide bonds. The number of aromatic amines is 1. The van der Waals surface area contributed by atoms with E-state index in [1.165, 1.54) is 0 Å². The van der Waals surface area contributed by atoms with Crippen LogP contribution in [0.25, 0.3) is 11.3 Å². The lowest BCUT2D eigenvalue weighted by Crippen LogP contribution is -2.13. The van der Waals surface area contributed by atoms with Crippen LogP contribution in [0.4, 0.5) is 8.78 Å². The Bertz CT molecular complexity index is 634. The van der Waals surface area contributed by atoms with Crippen molar-refractivity contribution in [1.29, 1.82) is 0 Å². The Morgan fingerprint density at radius 3 is 2.57 bits per heavy atom. The zero-order valence-corrected chi connectivity index (χ0v) is 11.3. The number of carbonyl (C=O) groups is 1. The van der Waals surface area contributed by atoms with Crippen molar-refractivity contribution < 1.29 is 18.3 Å². The van der Waals surface area contributed by atoms with Gasteiger partial charge < -0.3 is 10.5 Å². The van der Waals surface area contributed by atoms with Gasteiger partial charge in [-0.1, -0.05) is 13.3 Å². The van der Waals surface area contributed by atoms with E-state index in [9.17, 15) is 13.6 Å². The highest BCUT2D eigenvalue weighted by Crippen LogP contribution is 2.29. The molecule has 0 aliphatic heterocycles. The Labute approximate surface area is 119 Å². The summed E-state index contributed by atoms with van der Waals surface area (Å²) in [4.78, 5) is 11.2. The van der Waals surface area contributed by atoms with E-state index >= 15 is 0 Å². The van der Waals surface area contributed by atoms with Gasteiger partial charge in [0.25, 0.3) is 5.91 Å². The summed E-state index contributed by atoms with van der Waals surface area (Å²) in [6.07, 6.45) is 1.54. The first-order chi connectivity index (χ1) is 10.0. The number of hydrogen-bond acceptors (Lipinski definition) is 4. The first kappa shape index (κ1) is 14.9. The van der Waals surface area contributed by atoms with Crippen molar-refractivity contribution in [2.75, 3.05) is 6.61 Å². The molecule has 1 aromatic carbocycles. The van der Waals surface area contributed by atoms with Crippen LogP contribution in [-0.4, -0.2) is 27.9 Å². The normalized spacial score (nSPS) is 10.6. The number of nitrogens with one attached hydrogen (secondary N) is 1. The number of amides is 1. The van der Waals surface area contributed by atoms with Crippen molar-refractivity contribution in [3.8, 4) is 17.0 Å². The monoisotopic (exact) mass is 296 g/mol. The van der Waals surface area contributed by atoms with Gasteiger partial charge in [0.05, 0.1) is 6.61 Å². The summed E-state index contributed by atoms with van der Waals surface area (Å²) in [6, 6.07) is 2.04. The molecule has 0 unspecified atom stereocenters. The predicted octanol–water partition coefficient (Wildman–Crippen LogP) is 2.03. The van der Waals surface area contributed by atoms with Gasteiger partial charge in [0.2, 0.25) is 0 Å². The van der Waals surface area contributed by atoms with E-state index in [0.717, 1.165) is 18.6 Å². The van der Waals surface area contributed by atoms with Crippen LogP contribution in [-0.2, 0) is 0 Å². The Balaban J connectivity index is 2.35. The number of carbonyl (C=O) groups excluding carboxylic acids is 1. The molecule has 112 valence electrons. The maximum absolute atomic E-state index is 13.9. The van der Waals surface area contributed by atoms with Crippen LogP contribution in [0.2, 0.25) is 0 Å². The molecule has 1 heterocycles. The number of nitrogens with two attached hydrogens (primary N) is 1. The van der Waals surface area contributed by atoms with E-state index in [0.29, 0.717) is 6.42 Å². The Morgan fingerprint density at radius 1 is 1.33 bits per heavy atom. The third kappa shape index (κ3) is 3.15. The highest BCUT2D eigenvalue weighted by atomic mass is 19.1. The lowest BCUT2D eigenvalue weighted by atomic mass is 10.1. The van der Waals surface area contributed by atoms with Gasteiger partial charge in [-0.05, 0) is 18.6 Å².